The molecule has 7 heteroatoms. The highest BCUT2D eigenvalue weighted by Gasteiger charge is 2.10. The van der Waals surface area contributed by atoms with Crippen LogP contribution in [-0.2, 0) is 17.8 Å². The summed E-state index contributed by atoms with van der Waals surface area (Å²) in [5.41, 5.74) is 3.94. The van der Waals surface area contributed by atoms with Crippen molar-refractivity contribution in [3.8, 4) is 11.3 Å². The number of carbonyl (C=O) groups excluding carboxylic acids is 1. The van der Waals surface area contributed by atoms with Crippen molar-refractivity contribution in [1.29, 1.82) is 0 Å². The molecule has 2 aromatic carbocycles. The maximum Gasteiger partial charge on any atom is 0.247 e. The summed E-state index contributed by atoms with van der Waals surface area (Å²) in [5.74, 6) is -0.177. The van der Waals surface area contributed by atoms with E-state index in [1.807, 2.05) is 36.4 Å². The zero-order chi connectivity index (χ0) is 18.6. The van der Waals surface area contributed by atoms with Crippen LogP contribution in [0.3, 0.4) is 0 Å². The molecule has 1 amide bonds. The number of rotatable bonds is 6. The second-order valence-corrected chi connectivity index (χ2v) is 7.31. The summed E-state index contributed by atoms with van der Waals surface area (Å²) in [6.45, 7) is 2.26. The Labute approximate surface area is 160 Å². The van der Waals surface area contributed by atoms with Crippen molar-refractivity contribution in [2.45, 2.75) is 26.3 Å². The van der Waals surface area contributed by atoms with Gasteiger partial charge in [0.15, 0.2) is 5.13 Å². The van der Waals surface area contributed by atoms with Gasteiger partial charge in [0.1, 0.15) is 12.2 Å². The normalized spacial score (nSPS) is 11.0. The van der Waals surface area contributed by atoms with Crippen LogP contribution < -0.4 is 5.32 Å². The first-order valence-corrected chi connectivity index (χ1v) is 9.68. The van der Waals surface area contributed by atoms with Gasteiger partial charge in [0, 0.05) is 5.56 Å². The van der Waals surface area contributed by atoms with E-state index in [0.717, 1.165) is 34.3 Å². The van der Waals surface area contributed by atoms with Crippen LogP contribution in [0.15, 0.2) is 54.7 Å². The Kier molecular flexibility index (Phi) is 4.93. The number of hydrogen-bond acceptors (Lipinski definition) is 5. The van der Waals surface area contributed by atoms with Crippen molar-refractivity contribution >= 4 is 32.6 Å². The quantitative estimate of drug-likeness (QED) is 0.548. The van der Waals surface area contributed by atoms with E-state index in [0.29, 0.717) is 5.13 Å². The fourth-order valence-electron chi connectivity index (χ4n) is 2.87. The molecule has 4 rings (SSSR count). The van der Waals surface area contributed by atoms with Crippen molar-refractivity contribution in [3.05, 3.63) is 60.3 Å². The van der Waals surface area contributed by atoms with Gasteiger partial charge >= 0.3 is 0 Å². The van der Waals surface area contributed by atoms with Gasteiger partial charge in [-0.15, -0.1) is 5.10 Å². The van der Waals surface area contributed by atoms with Gasteiger partial charge in [-0.1, -0.05) is 66.3 Å². The number of fused-ring (bicyclic) bond motifs is 1. The number of aryl methyl sites for hydroxylation is 1. The molecule has 0 saturated carbocycles. The van der Waals surface area contributed by atoms with E-state index in [4.69, 9.17) is 0 Å². The van der Waals surface area contributed by atoms with E-state index < -0.39 is 0 Å². The minimum atomic E-state index is -0.177. The Bertz CT molecular complexity index is 1030. The topological polar surface area (TPSA) is 72.7 Å². The molecule has 1 N–H and O–H groups in total. The molecule has 0 atom stereocenters. The Morgan fingerprint density at radius 2 is 1.96 bits per heavy atom. The lowest BCUT2D eigenvalue weighted by atomic mass is 10.1. The Hall–Kier alpha value is -3.06. The van der Waals surface area contributed by atoms with Gasteiger partial charge < -0.3 is 5.32 Å². The van der Waals surface area contributed by atoms with Gasteiger partial charge in [0.2, 0.25) is 5.91 Å². The number of nitrogens with zero attached hydrogens (tertiary/aromatic N) is 4. The van der Waals surface area contributed by atoms with Gasteiger partial charge in [-0.05, 0) is 24.1 Å². The molecule has 4 aromatic rings. The maximum absolute atomic E-state index is 12.3. The van der Waals surface area contributed by atoms with Crippen LogP contribution in [-0.4, -0.2) is 25.9 Å². The first kappa shape index (κ1) is 17.4. The fraction of sp³-hybridized carbons (Fsp3) is 0.200. The van der Waals surface area contributed by atoms with Gasteiger partial charge in [0.25, 0.3) is 0 Å². The molecule has 0 fully saturated rings. The molecule has 0 aliphatic heterocycles. The number of aromatic nitrogens is 4. The average Bonchev–Trinajstić information content (AvgIpc) is 3.29. The van der Waals surface area contributed by atoms with Crippen LogP contribution in [0.25, 0.3) is 21.5 Å². The summed E-state index contributed by atoms with van der Waals surface area (Å²) >= 11 is 1.46. The second kappa shape index (κ2) is 7.67. The van der Waals surface area contributed by atoms with Gasteiger partial charge in [-0.3, -0.25) is 4.79 Å². The predicted octanol–water partition coefficient (Wildman–Crippen LogP) is 4.15. The molecule has 136 valence electrons. The van der Waals surface area contributed by atoms with Crippen LogP contribution in [0.2, 0.25) is 0 Å². The lowest BCUT2D eigenvalue weighted by Gasteiger charge is -2.01. The number of anilines is 1. The third kappa shape index (κ3) is 4.03. The van der Waals surface area contributed by atoms with Crippen molar-refractivity contribution < 1.29 is 4.79 Å². The first-order chi connectivity index (χ1) is 13.2. The molecule has 0 aliphatic rings. The highest BCUT2D eigenvalue weighted by atomic mass is 32.1. The standard InChI is InChI=1S/C20H19N5OS/c1-2-5-14-8-10-15(11-9-14)17-12-25(24-23-17)13-19(26)22-20-21-16-6-3-4-7-18(16)27-20/h3-4,6-12H,2,5,13H2,1H3,(H,21,22,26). The SMILES string of the molecule is CCCc1ccc(-c2cn(CC(=O)Nc3nc4ccccc4s3)nn2)cc1. The average molecular weight is 377 g/mol. The molecule has 6 nitrogen and oxygen atoms in total. The highest BCUT2D eigenvalue weighted by molar-refractivity contribution is 7.22. The molecule has 0 bridgehead atoms. The summed E-state index contributed by atoms with van der Waals surface area (Å²) in [6.07, 6.45) is 3.98. The summed E-state index contributed by atoms with van der Waals surface area (Å²) < 4.78 is 2.58. The van der Waals surface area contributed by atoms with Crippen molar-refractivity contribution in [3.63, 3.8) is 0 Å². The molecule has 0 radical (unpaired) electrons. The lowest BCUT2D eigenvalue weighted by molar-refractivity contribution is -0.116. The molecule has 27 heavy (non-hydrogen) atoms. The predicted molar refractivity (Wildman–Crippen MR) is 108 cm³/mol. The van der Waals surface area contributed by atoms with E-state index in [1.54, 1.807) is 6.20 Å². The fourth-order valence-corrected chi connectivity index (χ4v) is 3.75. The zero-order valence-electron chi connectivity index (χ0n) is 14.9. The number of hydrogen-bond donors (Lipinski definition) is 1. The second-order valence-electron chi connectivity index (χ2n) is 6.28. The van der Waals surface area contributed by atoms with Crippen molar-refractivity contribution in [1.82, 2.24) is 20.0 Å². The molecule has 2 aromatic heterocycles. The largest absolute Gasteiger partial charge is 0.300 e. The monoisotopic (exact) mass is 377 g/mol. The molecule has 0 spiro atoms. The number of amides is 1. The van der Waals surface area contributed by atoms with Crippen LogP contribution in [0.1, 0.15) is 18.9 Å². The number of nitrogens with one attached hydrogen (secondary N) is 1. The highest BCUT2D eigenvalue weighted by Crippen LogP contribution is 2.25. The van der Waals surface area contributed by atoms with E-state index in [2.05, 4.69) is 39.7 Å². The molecular weight excluding hydrogens is 358 g/mol. The van der Waals surface area contributed by atoms with Crippen LogP contribution in [0.5, 0.6) is 0 Å². The van der Waals surface area contributed by atoms with Crippen LogP contribution in [0.4, 0.5) is 5.13 Å². The summed E-state index contributed by atoms with van der Waals surface area (Å²) in [6, 6.07) is 16.1. The Morgan fingerprint density at radius 3 is 2.74 bits per heavy atom. The van der Waals surface area contributed by atoms with Crippen molar-refractivity contribution in [2.24, 2.45) is 0 Å². The summed E-state index contributed by atoms with van der Waals surface area (Å²) in [4.78, 5) is 16.7. The van der Waals surface area contributed by atoms with Gasteiger partial charge in [0.05, 0.1) is 16.4 Å². The zero-order valence-corrected chi connectivity index (χ0v) is 15.7. The van der Waals surface area contributed by atoms with E-state index >= 15 is 0 Å². The number of carbonyl (C=O) groups is 1. The summed E-state index contributed by atoms with van der Waals surface area (Å²) in [5, 5.41) is 11.7. The van der Waals surface area contributed by atoms with Crippen molar-refractivity contribution in [2.75, 3.05) is 5.32 Å². The molecule has 0 aliphatic carbocycles. The number of benzene rings is 2. The number of thiazole rings is 1. The lowest BCUT2D eigenvalue weighted by Crippen LogP contribution is -2.19. The van der Waals surface area contributed by atoms with Crippen LogP contribution in [0, 0.1) is 0 Å². The first-order valence-electron chi connectivity index (χ1n) is 8.86. The Morgan fingerprint density at radius 1 is 1.15 bits per heavy atom. The smallest absolute Gasteiger partial charge is 0.247 e. The van der Waals surface area contributed by atoms with E-state index in [1.165, 1.54) is 21.6 Å². The van der Waals surface area contributed by atoms with E-state index in [-0.39, 0.29) is 12.5 Å². The third-order valence-corrected chi connectivity index (χ3v) is 5.12. The minimum Gasteiger partial charge on any atom is -0.300 e. The van der Waals surface area contributed by atoms with Gasteiger partial charge in [-0.25, -0.2) is 9.67 Å². The minimum absolute atomic E-state index is 0.0941. The number of para-hydroxylation sites is 1. The Balaban J connectivity index is 1.41. The molecule has 0 unspecified atom stereocenters. The molecule has 2 heterocycles. The van der Waals surface area contributed by atoms with E-state index in [9.17, 15) is 4.79 Å². The molecular formula is C20H19N5OS. The third-order valence-electron chi connectivity index (χ3n) is 4.17. The summed E-state index contributed by atoms with van der Waals surface area (Å²) in [7, 11) is 0. The van der Waals surface area contributed by atoms with Gasteiger partial charge in [-0.2, -0.15) is 0 Å². The molecule has 0 saturated heterocycles. The maximum atomic E-state index is 12.3. The van der Waals surface area contributed by atoms with Crippen LogP contribution >= 0.6 is 11.3 Å².